The number of carboxylic acids is 1. The summed E-state index contributed by atoms with van der Waals surface area (Å²) < 4.78 is 14.7. The van der Waals surface area contributed by atoms with Crippen molar-refractivity contribution in [2.75, 3.05) is 13.1 Å². The number of carbonyl (C=O) groups is 2. The molecular weight excluding hydrogens is 301 g/mol. The molecule has 23 heavy (non-hydrogen) atoms. The molecule has 0 radical (unpaired) electrons. The second-order valence-electron chi connectivity index (χ2n) is 5.55. The summed E-state index contributed by atoms with van der Waals surface area (Å²) in [5, 5.41) is 13.3. The SMILES string of the molecule is O=C(O)[C@H]1CCCN(C(=O)c2ccn(-c3cccc(F)c3)n2)C1. The summed E-state index contributed by atoms with van der Waals surface area (Å²) in [6.07, 6.45) is 2.82. The van der Waals surface area contributed by atoms with Gasteiger partial charge in [-0.3, -0.25) is 9.59 Å². The van der Waals surface area contributed by atoms with Gasteiger partial charge in [0.2, 0.25) is 0 Å². The quantitative estimate of drug-likeness (QED) is 0.939. The molecule has 1 aromatic heterocycles. The number of aromatic nitrogens is 2. The highest BCUT2D eigenvalue weighted by Gasteiger charge is 2.29. The largest absolute Gasteiger partial charge is 0.481 e. The highest BCUT2D eigenvalue weighted by atomic mass is 19.1. The first kappa shape index (κ1) is 15.2. The number of carbonyl (C=O) groups excluding carboxylic acids is 1. The van der Waals surface area contributed by atoms with Crippen molar-refractivity contribution < 1.29 is 19.1 Å². The lowest BCUT2D eigenvalue weighted by Crippen LogP contribution is -2.42. The number of carboxylic acid groups (broad SMARTS) is 1. The third-order valence-corrected chi connectivity index (χ3v) is 3.94. The molecule has 2 aromatic rings. The minimum absolute atomic E-state index is 0.195. The van der Waals surface area contributed by atoms with Gasteiger partial charge in [-0.25, -0.2) is 9.07 Å². The molecule has 1 amide bonds. The van der Waals surface area contributed by atoms with E-state index in [0.717, 1.165) is 0 Å². The number of piperidine rings is 1. The van der Waals surface area contributed by atoms with E-state index in [1.165, 1.54) is 21.7 Å². The Bertz CT molecular complexity index is 744. The molecule has 1 aromatic carbocycles. The Labute approximate surface area is 132 Å². The van der Waals surface area contributed by atoms with Crippen LogP contribution in [0.1, 0.15) is 23.3 Å². The zero-order valence-electron chi connectivity index (χ0n) is 12.4. The highest BCUT2D eigenvalue weighted by molar-refractivity contribution is 5.92. The molecule has 0 aliphatic carbocycles. The van der Waals surface area contributed by atoms with Crippen LogP contribution < -0.4 is 0 Å². The number of benzene rings is 1. The van der Waals surface area contributed by atoms with E-state index in [9.17, 15) is 14.0 Å². The number of hydrogen-bond donors (Lipinski definition) is 1. The monoisotopic (exact) mass is 317 g/mol. The van der Waals surface area contributed by atoms with E-state index in [1.807, 2.05) is 0 Å². The van der Waals surface area contributed by atoms with Crippen LogP contribution in [0.15, 0.2) is 36.5 Å². The Morgan fingerprint density at radius 2 is 2.13 bits per heavy atom. The van der Waals surface area contributed by atoms with Gasteiger partial charge in [0.05, 0.1) is 11.6 Å². The first-order valence-electron chi connectivity index (χ1n) is 7.38. The third-order valence-electron chi connectivity index (χ3n) is 3.94. The molecule has 1 aliphatic heterocycles. The standard InChI is InChI=1S/C16H16FN3O3/c17-12-4-1-5-13(9-12)20-8-6-14(18-20)15(21)19-7-2-3-11(10-19)16(22)23/h1,4-6,8-9,11H,2-3,7,10H2,(H,22,23)/t11-/m0/s1. The number of amides is 1. The van der Waals surface area contributed by atoms with Crippen molar-refractivity contribution in [1.29, 1.82) is 0 Å². The molecule has 1 N–H and O–H groups in total. The van der Waals surface area contributed by atoms with E-state index in [4.69, 9.17) is 5.11 Å². The lowest BCUT2D eigenvalue weighted by Gasteiger charge is -2.30. The predicted molar refractivity (Wildman–Crippen MR) is 79.8 cm³/mol. The van der Waals surface area contributed by atoms with Crippen LogP contribution in [0.25, 0.3) is 5.69 Å². The van der Waals surface area contributed by atoms with Crippen LogP contribution in [-0.4, -0.2) is 44.8 Å². The van der Waals surface area contributed by atoms with E-state index in [1.54, 1.807) is 24.4 Å². The van der Waals surface area contributed by atoms with Gasteiger partial charge in [0.1, 0.15) is 5.82 Å². The summed E-state index contributed by atoms with van der Waals surface area (Å²) in [6, 6.07) is 7.46. The first-order chi connectivity index (χ1) is 11.0. The maximum Gasteiger partial charge on any atom is 0.308 e. The fourth-order valence-electron chi connectivity index (χ4n) is 2.73. The van der Waals surface area contributed by atoms with Crippen LogP contribution in [0.2, 0.25) is 0 Å². The average molecular weight is 317 g/mol. The molecule has 0 saturated carbocycles. The molecule has 2 heterocycles. The normalized spacial score (nSPS) is 18.0. The zero-order chi connectivity index (χ0) is 16.4. The summed E-state index contributed by atoms with van der Waals surface area (Å²) in [4.78, 5) is 25.1. The summed E-state index contributed by atoms with van der Waals surface area (Å²) in [7, 11) is 0. The molecule has 1 aliphatic rings. The van der Waals surface area contributed by atoms with E-state index in [2.05, 4.69) is 5.10 Å². The Morgan fingerprint density at radius 1 is 1.30 bits per heavy atom. The molecule has 120 valence electrons. The van der Waals surface area contributed by atoms with E-state index >= 15 is 0 Å². The summed E-state index contributed by atoms with van der Waals surface area (Å²) in [5.41, 5.74) is 0.742. The van der Waals surface area contributed by atoms with E-state index < -0.39 is 11.9 Å². The lowest BCUT2D eigenvalue weighted by molar-refractivity contribution is -0.143. The molecule has 0 bridgehead atoms. The minimum Gasteiger partial charge on any atom is -0.481 e. The van der Waals surface area contributed by atoms with Crippen molar-refractivity contribution in [3.63, 3.8) is 0 Å². The number of halogens is 1. The van der Waals surface area contributed by atoms with Crippen LogP contribution in [0.5, 0.6) is 0 Å². The van der Waals surface area contributed by atoms with E-state index in [0.29, 0.717) is 25.1 Å². The molecule has 6 nitrogen and oxygen atoms in total. The summed E-state index contributed by atoms with van der Waals surface area (Å²) >= 11 is 0. The number of likely N-dealkylation sites (tertiary alicyclic amines) is 1. The van der Waals surface area contributed by atoms with Gasteiger partial charge < -0.3 is 10.0 Å². The van der Waals surface area contributed by atoms with E-state index in [-0.39, 0.29) is 24.0 Å². The van der Waals surface area contributed by atoms with Gasteiger partial charge in [-0.05, 0) is 37.1 Å². The molecule has 1 atom stereocenters. The van der Waals surface area contributed by atoms with Crippen molar-refractivity contribution in [3.8, 4) is 5.69 Å². The smallest absolute Gasteiger partial charge is 0.308 e. The average Bonchev–Trinajstić information content (AvgIpc) is 3.04. The fourth-order valence-corrected chi connectivity index (χ4v) is 2.73. The fraction of sp³-hybridized carbons (Fsp3) is 0.312. The molecule has 3 rings (SSSR count). The van der Waals surface area contributed by atoms with Crippen molar-refractivity contribution in [3.05, 3.63) is 48.0 Å². The van der Waals surface area contributed by atoms with Crippen molar-refractivity contribution >= 4 is 11.9 Å². The van der Waals surface area contributed by atoms with Gasteiger partial charge in [0.15, 0.2) is 5.69 Å². The van der Waals surface area contributed by atoms with Crippen molar-refractivity contribution in [2.24, 2.45) is 5.92 Å². The summed E-state index contributed by atoms with van der Waals surface area (Å²) in [5.74, 6) is -2.09. The number of rotatable bonds is 3. The van der Waals surface area contributed by atoms with Gasteiger partial charge in [-0.1, -0.05) is 6.07 Å². The Morgan fingerprint density at radius 3 is 2.87 bits per heavy atom. The van der Waals surface area contributed by atoms with Gasteiger partial charge in [0.25, 0.3) is 5.91 Å². The molecule has 1 fully saturated rings. The van der Waals surface area contributed by atoms with Gasteiger partial charge in [-0.15, -0.1) is 0 Å². The Hall–Kier alpha value is -2.70. The topological polar surface area (TPSA) is 75.4 Å². The Kier molecular flexibility index (Phi) is 4.10. The van der Waals surface area contributed by atoms with Crippen molar-refractivity contribution in [2.45, 2.75) is 12.8 Å². The maximum atomic E-state index is 13.3. The van der Waals surface area contributed by atoms with Crippen LogP contribution >= 0.6 is 0 Å². The maximum absolute atomic E-state index is 13.3. The van der Waals surface area contributed by atoms with Crippen LogP contribution in [0, 0.1) is 11.7 Å². The van der Waals surface area contributed by atoms with Gasteiger partial charge in [-0.2, -0.15) is 5.10 Å². The zero-order valence-corrected chi connectivity index (χ0v) is 12.4. The van der Waals surface area contributed by atoms with Crippen molar-refractivity contribution in [1.82, 2.24) is 14.7 Å². The lowest BCUT2D eigenvalue weighted by atomic mass is 9.98. The second kappa shape index (κ2) is 6.20. The molecule has 0 spiro atoms. The minimum atomic E-state index is -0.882. The third kappa shape index (κ3) is 3.23. The Balaban J connectivity index is 1.77. The molecule has 1 saturated heterocycles. The molecule has 7 heteroatoms. The number of nitrogens with zero attached hydrogens (tertiary/aromatic N) is 3. The van der Waals surface area contributed by atoms with Gasteiger partial charge >= 0.3 is 5.97 Å². The van der Waals surface area contributed by atoms with Gasteiger partial charge in [0, 0.05) is 19.3 Å². The molecule has 0 unspecified atom stereocenters. The first-order valence-corrected chi connectivity index (χ1v) is 7.38. The second-order valence-corrected chi connectivity index (χ2v) is 5.55. The number of aliphatic carboxylic acids is 1. The number of hydrogen-bond acceptors (Lipinski definition) is 3. The van der Waals surface area contributed by atoms with Crippen LogP contribution in [0.4, 0.5) is 4.39 Å². The summed E-state index contributed by atoms with van der Waals surface area (Å²) in [6.45, 7) is 0.719. The highest BCUT2D eigenvalue weighted by Crippen LogP contribution is 2.19. The van der Waals surface area contributed by atoms with Crippen LogP contribution in [0.3, 0.4) is 0 Å². The van der Waals surface area contributed by atoms with Crippen LogP contribution in [-0.2, 0) is 4.79 Å². The molecular formula is C16H16FN3O3. The predicted octanol–water partition coefficient (Wildman–Crippen LogP) is 1.95.